The summed E-state index contributed by atoms with van der Waals surface area (Å²) < 4.78 is 0. The molecule has 0 rings (SSSR count). The summed E-state index contributed by atoms with van der Waals surface area (Å²) in [7, 11) is 0. The van der Waals surface area contributed by atoms with Crippen molar-refractivity contribution in [3.05, 3.63) is 0 Å². The third kappa shape index (κ3) is 4.75. The van der Waals surface area contributed by atoms with Gasteiger partial charge in [0.2, 0.25) is 5.91 Å². The van der Waals surface area contributed by atoms with Gasteiger partial charge in [-0.05, 0) is 13.3 Å². The summed E-state index contributed by atoms with van der Waals surface area (Å²) >= 11 is 0. The molecule has 0 aliphatic carbocycles. The monoisotopic (exact) mass is 168 g/mol. The number of hydrogen-bond donors (Lipinski definition) is 2. The van der Waals surface area contributed by atoms with Gasteiger partial charge < -0.3 is 11.1 Å². The molecule has 0 saturated carbocycles. The zero-order valence-corrected chi connectivity index (χ0v) is 7.68. The zero-order chi connectivity index (χ0) is 9.40. The van der Waals surface area contributed by atoms with Crippen LogP contribution in [0.3, 0.4) is 0 Å². The Morgan fingerprint density at radius 2 is 2.33 bits per heavy atom. The van der Waals surface area contributed by atoms with Gasteiger partial charge in [-0.15, -0.1) is 5.92 Å². The third-order valence-electron chi connectivity index (χ3n) is 1.46. The second kappa shape index (κ2) is 6.68. The zero-order valence-electron chi connectivity index (χ0n) is 7.68. The molecule has 3 nitrogen and oxygen atoms in total. The van der Waals surface area contributed by atoms with E-state index >= 15 is 0 Å². The van der Waals surface area contributed by atoms with Crippen molar-refractivity contribution in [2.24, 2.45) is 5.73 Å². The van der Waals surface area contributed by atoms with Crippen molar-refractivity contribution >= 4 is 5.91 Å². The van der Waals surface area contributed by atoms with Crippen LogP contribution >= 0.6 is 0 Å². The Labute approximate surface area is 73.7 Å². The predicted octanol–water partition coefficient (Wildman–Crippen LogP) is 0.253. The van der Waals surface area contributed by atoms with E-state index in [1.165, 1.54) is 0 Å². The number of amides is 1. The standard InChI is InChI=1S/C9H16N2O/c1-3-5-7-11-9(12)8(10)6-4-2/h8H,4,6-7,10H2,1-2H3,(H,11,12)/t8-/m1/s1. The van der Waals surface area contributed by atoms with Crippen LogP contribution in [-0.2, 0) is 4.79 Å². The van der Waals surface area contributed by atoms with Gasteiger partial charge in [0.25, 0.3) is 0 Å². The van der Waals surface area contributed by atoms with E-state index in [1.54, 1.807) is 6.92 Å². The lowest BCUT2D eigenvalue weighted by molar-refractivity contribution is -0.122. The van der Waals surface area contributed by atoms with Crippen molar-refractivity contribution in [3.8, 4) is 11.8 Å². The van der Waals surface area contributed by atoms with Gasteiger partial charge in [-0.2, -0.15) is 0 Å². The molecule has 0 fully saturated rings. The Balaban J connectivity index is 3.61. The summed E-state index contributed by atoms with van der Waals surface area (Å²) in [6.45, 7) is 4.13. The Kier molecular flexibility index (Phi) is 6.12. The SMILES string of the molecule is CC#CCNC(=O)[C@H](N)CCC. The molecule has 0 heterocycles. The van der Waals surface area contributed by atoms with Crippen LogP contribution in [0.25, 0.3) is 0 Å². The van der Waals surface area contributed by atoms with Gasteiger partial charge in [0.05, 0.1) is 12.6 Å². The van der Waals surface area contributed by atoms with Crippen LogP contribution in [0.4, 0.5) is 0 Å². The number of nitrogens with two attached hydrogens (primary N) is 1. The van der Waals surface area contributed by atoms with Crippen molar-refractivity contribution in [3.63, 3.8) is 0 Å². The number of rotatable bonds is 4. The van der Waals surface area contributed by atoms with E-state index in [1.807, 2.05) is 6.92 Å². The van der Waals surface area contributed by atoms with E-state index in [4.69, 9.17) is 5.73 Å². The van der Waals surface area contributed by atoms with E-state index in [0.717, 1.165) is 12.8 Å². The molecule has 0 aliphatic heterocycles. The maximum Gasteiger partial charge on any atom is 0.237 e. The maximum absolute atomic E-state index is 11.1. The minimum Gasteiger partial charge on any atom is -0.344 e. The van der Waals surface area contributed by atoms with Gasteiger partial charge in [-0.3, -0.25) is 4.79 Å². The molecule has 0 aromatic rings. The Morgan fingerprint density at radius 3 is 2.83 bits per heavy atom. The molecule has 0 saturated heterocycles. The molecule has 0 aromatic carbocycles. The quantitative estimate of drug-likeness (QED) is 0.591. The molecule has 3 N–H and O–H groups in total. The average molecular weight is 168 g/mol. The van der Waals surface area contributed by atoms with Crippen LogP contribution in [0.1, 0.15) is 26.7 Å². The van der Waals surface area contributed by atoms with E-state index in [2.05, 4.69) is 17.2 Å². The summed E-state index contributed by atoms with van der Waals surface area (Å²) in [4.78, 5) is 11.1. The van der Waals surface area contributed by atoms with Crippen molar-refractivity contribution in [2.45, 2.75) is 32.7 Å². The molecule has 0 unspecified atom stereocenters. The third-order valence-corrected chi connectivity index (χ3v) is 1.46. The second-order valence-corrected chi connectivity index (χ2v) is 2.54. The molecular formula is C9H16N2O. The normalized spacial score (nSPS) is 11.2. The number of hydrogen-bond acceptors (Lipinski definition) is 2. The molecule has 1 amide bonds. The Bertz CT molecular complexity index is 190. The molecule has 3 heteroatoms. The first kappa shape index (κ1) is 11.0. The predicted molar refractivity (Wildman–Crippen MR) is 49.3 cm³/mol. The number of carbonyl (C=O) groups is 1. The molecule has 0 aliphatic rings. The highest BCUT2D eigenvalue weighted by Crippen LogP contribution is 1.91. The van der Waals surface area contributed by atoms with Crippen molar-refractivity contribution in [2.75, 3.05) is 6.54 Å². The number of carbonyl (C=O) groups excluding carboxylic acids is 1. The van der Waals surface area contributed by atoms with Crippen LogP contribution in [0.5, 0.6) is 0 Å². The highest BCUT2D eigenvalue weighted by molar-refractivity contribution is 5.81. The first-order valence-electron chi connectivity index (χ1n) is 4.15. The van der Waals surface area contributed by atoms with Gasteiger partial charge >= 0.3 is 0 Å². The first-order chi connectivity index (χ1) is 5.72. The molecule has 0 aromatic heterocycles. The Hall–Kier alpha value is -1.01. The van der Waals surface area contributed by atoms with Crippen LogP contribution in [0.2, 0.25) is 0 Å². The lowest BCUT2D eigenvalue weighted by atomic mass is 10.2. The summed E-state index contributed by atoms with van der Waals surface area (Å²) in [5.74, 6) is 5.32. The highest BCUT2D eigenvalue weighted by atomic mass is 16.2. The summed E-state index contributed by atoms with van der Waals surface area (Å²) in [5.41, 5.74) is 5.55. The van der Waals surface area contributed by atoms with Gasteiger partial charge in [-0.1, -0.05) is 19.3 Å². The molecule has 0 spiro atoms. The molecule has 1 atom stereocenters. The molecule has 0 bridgehead atoms. The smallest absolute Gasteiger partial charge is 0.237 e. The van der Waals surface area contributed by atoms with Gasteiger partial charge in [-0.25, -0.2) is 0 Å². The largest absolute Gasteiger partial charge is 0.344 e. The lowest BCUT2D eigenvalue weighted by Gasteiger charge is -2.08. The van der Waals surface area contributed by atoms with Crippen LogP contribution < -0.4 is 11.1 Å². The average Bonchev–Trinajstić information content (AvgIpc) is 2.05. The van der Waals surface area contributed by atoms with E-state index in [0.29, 0.717) is 6.54 Å². The fraction of sp³-hybridized carbons (Fsp3) is 0.667. The second-order valence-electron chi connectivity index (χ2n) is 2.54. The van der Waals surface area contributed by atoms with Gasteiger partial charge in [0, 0.05) is 0 Å². The fourth-order valence-corrected chi connectivity index (χ4v) is 0.793. The highest BCUT2D eigenvalue weighted by Gasteiger charge is 2.09. The summed E-state index contributed by atoms with van der Waals surface area (Å²) in [5, 5.41) is 2.63. The van der Waals surface area contributed by atoms with Crippen LogP contribution in [0, 0.1) is 11.8 Å². The fourth-order valence-electron chi connectivity index (χ4n) is 0.793. The van der Waals surface area contributed by atoms with Crippen LogP contribution in [0.15, 0.2) is 0 Å². The molecule has 12 heavy (non-hydrogen) atoms. The topological polar surface area (TPSA) is 55.1 Å². The van der Waals surface area contributed by atoms with E-state index in [-0.39, 0.29) is 11.9 Å². The van der Waals surface area contributed by atoms with Crippen molar-refractivity contribution in [1.29, 1.82) is 0 Å². The lowest BCUT2D eigenvalue weighted by Crippen LogP contribution is -2.40. The number of nitrogens with one attached hydrogen (secondary N) is 1. The molecular weight excluding hydrogens is 152 g/mol. The van der Waals surface area contributed by atoms with Gasteiger partial charge in [0.15, 0.2) is 0 Å². The van der Waals surface area contributed by atoms with Crippen molar-refractivity contribution < 1.29 is 4.79 Å². The van der Waals surface area contributed by atoms with Crippen molar-refractivity contribution in [1.82, 2.24) is 5.32 Å². The van der Waals surface area contributed by atoms with E-state index in [9.17, 15) is 4.79 Å². The Morgan fingerprint density at radius 1 is 1.67 bits per heavy atom. The van der Waals surface area contributed by atoms with Crippen LogP contribution in [-0.4, -0.2) is 18.5 Å². The van der Waals surface area contributed by atoms with Gasteiger partial charge in [0.1, 0.15) is 0 Å². The minimum atomic E-state index is -0.381. The molecule has 68 valence electrons. The maximum atomic E-state index is 11.1. The van der Waals surface area contributed by atoms with E-state index < -0.39 is 0 Å². The summed E-state index contributed by atoms with van der Waals surface area (Å²) in [6.07, 6.45) is 1.65. The first-order valence-corrected chi connectivity index (χ1v) is 4.15. The molecule has 0 radical (unpaired) electrons. The summed E-state index contributed by atoms with van der Waals surface area (Å²) in [6, 6.07) is -0.381. The minimum absolute atomic E-state index is 0.111.